The average molecular weight is 453 g/mol. The molecule has 3 rings (SSSR count). The fourth-order valence-corrected chi connectivity index (χ4v) is 3.95. The van der Waals surface area contributed by atoms with E-state index in [0.29, 0.717) is 25.1 Å². The number of ether oxygens (including phenoxy) is 1. The monoisotopic (exact) mass is 452 g/mol. The Morgan fingerprint density at radius 3 is 2.67 bits per heavy atom. The van der Waals surface area contributed by atoms with Crippen molar-refractivity contribution in [1.82, 2.24) is 4.68 Å². The Hall–Kier alpha value is -3.95. The van der Waals surface area contributed by atoms with Crippen LogP contribution in [-0.2, 0) is 16.1 Å². The van der Waals surface area contributed by atoms with Crippen molar-refractivity contribution in [2.45, 2.75) is 38.8 Å². The molecular weight excluding hydrogens is 424 g/mol. The van der Waals surface area contributed by atoms with E-state index in [9.17, 15) is 14.4 Å². The second-order valence-corrected chi connectivity index (χ2v) is 7.97. The van der Waals surface area contributed by atoms with Gasteiger partial charge in [0.2, 0.25) is 5.91 Å². The molecule has 1 aliphatic heterocycles. The summed E-state index contributed by atoms with van der Waals surface area (Å²) in [7, 11) is 0. The maximum atomic E-state index is 13.2. The van der Waals surface area contributed by atoms with Crippen molar-refractivity contribution in [3.8, 4) is 0 Å². The highest BCUT2D eigenvalue weighted by Crippen LogP contribution is 2.25. The SMILES string of the molecule is C=NC(=O)CC1CCN(n2c(C)ccc(NC(=O)OCc3ccccc3)c2=O)C(C(=N)N)C1. The first-order valence-electron chi connectivity index (χ1n) is 10.6. The van der Waals surface area contributed by atoms with Gasteiger partial charge in [-0.05, 0) is 50.1 Å². The first-order valence-corrected chi connectivity index (χ1v) is 10.6. The van der Waals surface area contributed by atoms with Gasteiger partial charge in [0.1, 0.15) is 24.2 Å². The van der Waals surface area contributed by atoms with Crippen molar-refractivity contribution >= 4 is 30.2 Å². The van der Waals surface area contributed by atoms with Gasteiger partial charge < -0.3 is 10.5 Å². The molecule has 4 N–H and O–H groups in total. The van der Waals surface area contributed by atoms with E-state index >= 15 is 0 Å². The predicted molar refractivity (Wildman–Crippen MR) is 126 cm³/mol. The Morgan fingerprint density at radius 1 is 1.27 bits per heavy atom. The highest BCUT2D eigenvalue weighted by Gasteiger charge is 2.33. The maximum Gasteiger partial charge on any atom is 0.412 e. The Bertz CT molecular complexity index is 1100. The molecule has 10 heteroatoms. The van der Waals surface area contributed by atoms with Crippen molar-refractivity contribution in [3.63, 3.8) is 0 Å². The molecule has 33 heavy (non-hydrogen) atoms. The number of anilines is 1. The Balaban J connectivity index is 1.77. The minimum Gasteiger partial charge on any atom is -0.444 e. The highest BCUT2D eigenvalue weighted by molar-refractivity contribution is 5.86. The van der Waals surface area contributed by atoms with Gasteiger partial charge in [-0.1, -0.05) is 30.3 Å². The van der Waals surface area contributed by atoms with Gasteiger partial charge in [-0.3, -0.25) is 25.3 Å². The summed E-state index contributed by atoms with van der Waals surface area (Å²) in [6.45, 7) is 5.50. The summed E-state index contributed by atoms with van der Waals surface area (Å²) in [5.74, 6) is -0.423. The zero-order valence-corrected chi connectivity index (χ0v) is 18.5. The van der Waals surface area contributed by atoms with E-state index in [4.69, 9.17) is 15.9 Å². The normalized spacial score (nSPS) is 17.8. The van der Waals surface area contributed by atoms with Crippen LogP contribution in [0, 0.1) is 18.3 Å². The van der Waals surface area contributed by atoms with Gasteiger partial charge in [-0.15, -0.1) is 0 Å². The van der Waals surface area contributed by atoms with E-state index < -0.39 is 17.7 Å². The molecule has 2 amide bonds. The van der Waals surface area contributed by atoms with Gasteiger partial charge in [0.05, 0.1) is 0 Å². The summed E-state index contributed by atoms with van der Waals surface area (Å²) < 4.78 is 6.63. The topological polar surface area (TPSA) is 143 Å². The number of piperidine rings is 1. The molecule has 2 unspecified atom stereocenters. The van der Waals surface area contributed by atoms with Crippen molar-refractivity contribution < 1.29 is 14.3 Å². The van der Waals surface area contributed by atoms with Gasteiger partial charge in [0.15, 0.2) is 0 Å². The van der Waals surface area contributed by atoms with E-state index in [1.807, 2.05) is 30.3 Å². The summed E-state index contributed by atoms with van der Waals surface area (Å²) in [5, 5.41) is 12.3. The molecule has 1 fully saturated rings. The molecular formula is C23H28N6O4. The molecule has 0 bridgehead atoms. The van der Waals surface area contributed by atoms with Gasteiger partial charge in [0, 0.05) is 18.7 Å². The third-order valence-electron chi connectivity index (χ3n) is 5.64. The highest BCUT2D eigenvalue weighted by atomic mass is 16.5. The number of aliphatic imine (C=N–C) groups is 1. The summed E-state index contributed by atoms with van der Waals surface area (Å²) >= 11 is 0. The van der Waals surface area contributed by atoms with Gasteiger partial charge in [-0.2, -0.15) is 0 Å². The maximum absolute atomic E-state index is 13.2. The zero-order chi connectivity index (χ0) is 24.0. The van der Waals surface area contributed by atoms with Crippen molar-refractivity contribution in [2.24, 2.45) is 16.6 Å². The number of nitrogens with one attached hydrogen (secondary N) is 2. The van der Waals surface area contributed by atoms with Crippen LogP contribution in [0.2, 0.25) is 0 Å². The molecule has 0 aliphatic carbocycles. The largest absolute Gasteiger partial charge is 0.444 e. The lowest BCUT2D eigenvalue weighted by Crippen LogP contribution is -2.58. The number of rotatable bonds is 7. The lowest BCUT2D eigenvalue weighted by Gasteiger charge is -2.41. The molecule has 1 saturated heterocycles. The summed E-state index contributed by atoms with van der Waals surface area (Å²) in [6.07, 6.45) is 0.528. The molecule has 1 aromatic carbocycles. The quantitative estimate of drug-likeness (QED) is 0.434. The number of amidine groups is 1. The molecule has 0 radical (unpaired) electrons. The number of aryl methyl sites for hydroxylation is 1. The second kappa shape index (κ2) is 10.6. The Morgan fingerprint density at radius 2 is 2.00 bits per heavy atom. The minimum absolute atomic E-state index is 0.0153. The number of carbonyl (C=O) groups excluding carboxylic acids is 2. The number of hydrogen-bond donors (Lipinski definition) is 3. The number of carbonyl (C=O) groups is 2. The third kappa shape index (κ3) is 5.85. The van der Waals surface area contributed by atoms with E-state index in [1.165, 1.54) is 10.7 Å². The van der Waals surface area contributed by atoms with E-state index in [1.54, 1.807) is 18.0 Å². The fourth-order valence-electron chi connectivity index (χ4n) is 3.95. The number of amides is 2. The van der Waals surface area contributed by atoms with Gasteiger partial charge in [-0.25, -0.2) is 14.5 Å². The molecule has 0 saturated carbocycles. The van der Waals surface area contributed by atoms with Crippen LogP contribution in [0.1, 0.15) is 30.5 Å². The number of nitrogens with two attached hydrogens (primary N) is 1. The van der Waals surface area contributed by atoms with E-state index in [-0.39, 0.29) is 36.4 Å². The third-order valence-corrected chi connectivity index (χ3v) is 5.64. The van der Waals surface area contributed by atoms with Crippen molar-refractivity contribution in [3.05, 3.63) is 64.1 Å². The number of aromatic nitrogens is 1. The van der Waals surface area contributed by atoms with E-state index in [0.717, 1.165) is 5.56 Å². The predicted octanol–water partition coefficient (Wildman–Crippen LogP) is 2.18. The second-order valence-electron chi connectivity index (χ2n) is 7.97. The first-order chi connectivity index (χ1) is 15.8. The zero-order valence-electron chi connectivity index (χ0n) is 18.5. The lowest BCUT2D eigenvalue weighted by atomic mass is 9.88. The summed E-state index contributed by atoms with van der Waals surface area (Å²) in [6, 6.07) is 11.8. The molecule has 2 heterocycles. The molecule has 174 valence electrons. The van der Waals surface area contributed by atoms with Gasteiger partial charge in [0.25, 0.3) is 5.56 Å². The molecule has 1 aliphatic rings. The Kier molecular flexibility index (Phi) is 7.60. The lowest BCUT2D eigenvalue weighted by molar-refractivity contribution is -0.118. The van der Waals surface area contributed by atoms with Crippen molar-refractivity contribution in [1.29, 1.82) is 5.41 Å². The van der Waals surface area contributed by atoms with Crippen LogP contribution < -0.4 is 21.6 Å². The van der Waals surface area contributed by atoms with Crippen LogP contribution in [0.4, 0.5) is 10.5 Å². The molecule has 10 nitrogen and oxygen atoms in total. The smallest absolute Gasteiger partial charge is 0.412 e. The average Bonchev–Trinajstić information content (AvgIpc) is 2.81. The van der Waals surface area contributed by atoms with Crippen LogP contribution in [0.5, 0.6) is 0 Å². The first kappa shape index (κ1) is 23.7. The van der Waals surface area contributed by atoms with Crippen LogP contribution in [0.25, 0.3) is 0 Å². The summed E-state index contributed by atoms with van der Waals surface area (Å²) in [4.78, 5) is 40.6. The Labute approximate surface area is 191 Å². The van der Waals surface area contributed by atoms with Crippen LogP contribution in [0.15, 0.2) is 52.3 Å². The fraction of sp³-hybridized carbons (Fsp3) is 0.348. The number of hydrogen-bond acceptors (Lipinski definition) is 6. The van der Waals surface area contributed by atoms with Crippen molar-refractivity contribution in [2.75, 3.05) is 16.9 Å². The van der Waals surface area contributed by atoms with E-state index in [2.05, 4.69) is 17.0 Å². The molecule has 2 atom stereocenters. The number of benzene rings is 1. The molecule has 0 spiro atoms. The summed E-state index contributed by atoms with van der Waals surface area (Å²) in [5.41, 5.74) is 6.89. The van der Waals surface area contributed by atoms with Crippen LogP contribution >= 0.6 is 0 Å². The minimum atomic E-state index is -0.747. The molecule has 2 aromatic rings. The number of pyridine rings is 1. The van der Waals surface area contributed by atoms with Crippen LogP contribution in [-0.4, -0.2) is 41.8 Å². The number of nitrogens with zero attached hydrogens (tertiary/aromatic N) is 3. The molecule has 1 aromatic heterocycles. The van der Waals surface area contributed by atoms with Crippen LogP contribution in [0.3, 0.4) is 0 Å². The van der Waals surface area contributed by atoms with Gasteiger partial charge >= 0.3 is 6.09 Å². The standard InChI is InChI=1S/C23H28N6O4/c1-15-8-9-18(27-23(32)33-14-16-6-4-3-5-7-16)22(31)29(15)28-11-10-17(13-20(30)26-2)12-19(28)21(24)25/h3-9,17,19H,2,10-14H2,1H3,(H3,24,25)(H,27,32).